The number of rotatable bonds is 4. The van der Waals surface area contributed by atoms with E-state index in [0.29, 0.717) is 5.75 Å². The highest BCUT2D eigenvalue weighted by Gasteiger charge is 2.15. The molecular formula is C15H18N2O6. The third-order valence-corrected chi connectivity index (χ3v) is 2.76. The van der Waals surface area contributed by atoms with Crippen LogP contribution in [0.5, 0.6) is 5.75 Å². The molecule has 2 aromatic rings. The normalized spacial score (nSPS) is 11.3. The number of carboxylic acid groups (broad SMARTS) is 2. The lowest BCUT2D eigenvalue weighted by Crippen LogP contribution is -2.32. The molecule has 0 bridgehead atoms. The number of aromatic nitrogens is 1. The van der Waals surface area contributed by atoms with Gasteiger partial charge >= 0.3 is 11.9 Å². The number of esters is 1. The van der Waals surface area contributed by atoms with E-state index in [9.17, 15) is 9.59 Å². The van der Waals surface area contributed by atoms with E-state index in [1.165, 1.54) is 6.92 Å². The Labute approximate surface area is 131 Å². The maximum atomic E-state index is 10.9. The van der Waals surface area contributed by atoms with Crippen molar-refractivity contribution in [2.45, 2.75) is 26.3 Å². The Hall–Kier alpha value is -2.87. The standard InChI is InChI=1S/C13H14N2O4.C2H4O2/c1-7(16)19-9-2-3-12-10(5-9)8(6-15-12)4-11(14)13(17)18;1-2(3)4/h2-3,5-6,11,15H,4,14H2,1H3,(H,17,18);1H3,(H,3,4)/t11-;/m0./s1. The molecule has 1 heterocycles. The lowest BCUT2D eigenvalue weighted by atomic mass is 10.1. The number of nitrogens with two attached hydrogens (primary N) is 1. The first-order valence-electron chi connectivity index (χ1n) is 6.67. The molecule has 8 heteroatoms. The minimum Gasteiger partial charge on any atom is -0.481 e. The van der Waals surface area contributed by atoms with E-state index in [1.807, 2.05) is 0 Å². The molecular weight excluding hydrogens is 304 g/mol. The van der Waals surface area contributed by atoms with Gasteiger partial charge in [-0.3, -0.25) is 14.4 Å². The van der Waals surface area contributed by atoms with E-state index in [4.69, 9.17) is 25.5 Å². The zero-order valence-electron chi connectivity index (χ0n) is 12.7. The van der Waals surface area contributed by atoms with Gasteiger partial charge in [0.15, 0.2) is 0 Å². The van der Waals surface area contributed by atoms with Crippen molar-refractivity contribution in [1.82, 2.24) is 4.98 Å². The molecule has 2 rings (SSSR count). The third-order valence-electron chi connectivity index (χ3n) is 2.76. The quantitative estimate of drug-likeness (QED) is 0.488. The summed E-state index contributed by atoms with van der Waals surface area (Å²) in [5, 5.41) is 17.0. The summed E-state index contributed by atoms with van der Waals surface area (Å²) in [5.74, 6) is -1.87. The van der Waals surface area contributed by atoms with Crippen molar-refractivity contribution >= 4 is 28.8 Å². The van der Waals surface area contributed by atoms with Crippen LogP contribution in [0.25, 0.3) is 10.9 Å². The van der Waals surface area contributed by atoms with Gasteiger partial charge in [-0.25, -0.2) is 0 Å². The zero-order chi connectivity index (χ0) is 17.6. The average molecular weight is 322 g/mol. The Kier molecular flexibility index (Phi) is 6.28. The van der Waals surface area contributed by atoms with Crippen LogP contribution in [0, 0.1) is 0 Å². The number of benzene rings is 1. The molecule has 23 heavy (non-hydrogen) atoms. The minimum atomic E-state index is -1.05. The van der Waals surface area contributed by atoms with Crippen molar-refractivity contribution in [2.24, 2.45) is 5.73 Å². The number of aromatic amines is 1. The van der Waals surface area contributed by atoms with Gasteiger partial charge in [-0.1, -0.05) is 0 Å². The van der Waals surface area contributed by atoms with Gasteiger partial charge in [0, 0.05) is 37.4 Å². The van der Waals surface area contributed by atoms with Gasteiger partial charge in [0.25, 0.3) is 5.97 Å². The van der Waals surface area contributed by atoms with Crippen LogP contribution < -0.4 is 10.5 Å². The third kappa shape index (κ3) is 5.79. The van der Waals surface area contributed by atoms with Crippen molar-refractivity contribution in [3.63, 3.8) is 0 Å². The number of aliphatic carboxylic acids is 2. The SMILES string of the molecule is CC(=O)O.CC(=O)Oc1ccc2[nH]cc(C[C@H](N)C(=O)O)c2c1. The Morgan fingerprint density at radius 2 is 1.87 bits per heavy atom. The summed E-state index contributed by atoms with van der Waals surface area (Å²) in [5.41, 5.74) is 7.13. The van der Waals surface area contributed by atoms with Crippen LogP contribution in [-0.2, 0) is 20.8 Å². The molecule has 0 amide bonds. The van der Waals surface area contributed by atoms with Crippen LogP contribution in [-0.4, -0.2) is 39.1 Å². The fourth-order valence-electron chi connectivity index (χ4n) is 1.88. The molecule has 124 valence electrons. The molecule has 1 aromatic heterocycles. The van der Waals surface area contributed by atoms with Gasteiger partial charge in [0.05, 0.1) is 0 Å². The second-order valence-corrected chi connectivity index (χ2v) is 4.78. The first-order chi connectivity index (χ1) is 10.7. The molecule has 8 nitrogen and oxygen atoms in total. The van der Waals surface area contributed by atoms with Crippen LogP contribution in [0.4, 0.5) is 0 Å². The molecule has 0 radical (unpaired) electrons. The number of hydrogen-bond acceptors (Lipinski definition) is 5. The molecule has 0 unspecified atom stereocenters. The summed E-state index contributed by atoms with van der Waals surface area (Å²) < 4.78 is 5.00. The van der Waals surface area contributed by atoms with Crippen molar-refractivity contribution in [3.05, 3.63) is 30.0 Å². The Morgan fingerprint density at radius 1 is 1.26 bits per heavy atom. The molecule has 0 aliphatic heterocycles. The summed E-state index contributed by atoms with van der Waals surface area (Å²) in [7, 11) is 0. The first kappa shape index (κ1) is 18.2. The first-order valence-corrected chi connectivity index (χ1v) is 6.67. The smallest absolute Gasteiger partial charge is 0.320 e. The maximum absolute atomic E-state index is 10.9. The van der Waals surface area contributed by atoms with Gasteiger partial charge in [0.2, 0.25) is 0 Å². The van der Waals surface area contributed by atoms with Gasteiger partial charge in [0.1, 0.15) is 11.8 Å². The number of hydrogen-bond donors (Lipinski definition) is 4. The van der Waals surface area contributed by atoms with E-state index >= 15 is 0 Å². The molecule has 1 atom stereocenters. The van der Waals surface area contributed by atoms with E-state index in [0.717, 1.165) is 23.4 Å². The van der Waals surface area contributed by atoms with Crippen LogP contribution in [0.2, 0.25) is 0 Å². The largest absolute Gasteiger partial charge is 0.481 e. The molecule has 1 aromatic carbocycles. The Bertz CT molecular complexity index is 718. The molecule has 0 spiro atoms. The predicted octanol–water partition coefficient (Wildman–Crippen LogP) is 1.14. The number of carbonyl (C=O) groups is 3. The number of ether oxygens (including phenoxy) is 1. The lowest BCUT2D eigenvalue weighted by molar-refractivity contribution is -0.138. The monoisotopic (exact) mass is 322 g/mol. The van der Waals surface area contributed by atoms with E-state index in [2.05, 4.69) is 4.98 Å². The van der Waals surface area contributed by atoms with Crippen LogP contribution in [0.15, 0.2) is 24.4 Å². The van der Waals surface area contributed by atoms with Crippen molar-refractivity contribution in [1.29, 1.82) is 0 Å². The molecule has 0 aliphatic carbocycles. The van der Waals surface area contributed by atoms with Crippen LogP contribution in [0.1, 0.15) is 19.4 Å². The molecule has 0 saturated carbocycles. The fourth-order valence-corrected chi connectivity index (χ4v) is 1.88. The van der Waals surface area contributed by atoms with Crippen molar-refractivity contribution < 1.29 is 29.3 Å². The van der Waals surface area contributed by atoms with E-state index in [1.54, 1.807) is 24.4 Å². The van der Waals surface area contributed by atoms with Gasteiger partial charge in [-0.05, 0) is 23.8 Å². The molecule has 0 aliphatic rings. The van der Waals surface area contributed by atoms with Gasteiger partial charge in [-0.15, -0.1) is 0 Å². The van der Waals surface area contributed by atoms with Gasteiger partial charge in [-0.2, -0.15) is 0 Å². The summed E-state index contributed by atoms with van der Waals surface area (Å²) in [6, 6.07) is 4.16. The van der Waals surface area contributed by atoms with Crippen LogP contribution >= 0.6 is 0 Å². The summed E-state index contributed by atoms with van der Waals surface area (Å²) in [4.78, 5) is 33.7. The summed E-state index contributed by atoms with van der Waals surface area (Å²) >= 11 is 0. The predicted molar refractivity (Wildman–Crippen MR) is 82.2 cm³/mol. The van der Waals surface area contributed by atoms with Crippen molar-refractivity contribution in [2.75, 3.05) is 0 Å². The van der Waals surface area contributed by atoms with Crippen molar-refractivity contribution in [3.8, 4) is 5.75 Å². The number of carboxylic acids is 2. The highest BCUT2D eigenvalue weighted by atomic mass is 16.5. The maximum Gasteiger partial charge on any atom is 0.320 e. The Morgan fingerprint density at radius 3 is 2.39 bits per heavy atom. The number of carbonyl (C=O) groups excluding carboxylic acids is 1. The Balaban J connectivity index is 0.000000593. The highest BCUT2D eigenvalue weighted by molar-refractivity contribution is 5.86. The van der Waals surface area contributed by atoms with E-state index in [-0.39, 0.29) is 6.42 Å². The molecule has 0 saturated heterocycles. The topological polar surface area (TPSA) is 143 Å². The number of H-pyrrole nitrogens is 1. The van der Waals surface area contributed by atoms with Gasteiger partial charge < -0.3 is 25.7 Å². The molecule has 0 fully saturated rings. The van der Waals surface area contributed by atoms with E-state index < -0.39 is 23.9 Å². The fraction of sp³-hybridized carbons (Fsp3) is 0.267. The second-order valence-electron chi connectivity index (χ2n) is 4.78. The zero-order valence-corrected chi connectivity index (χ0v) is 12.7. The lowest BCUT2D eigenvalue weighted by Gasteiger charge is -2.06. The average Bonchev–Trinajstić information content (AvgIpc) is 2.80. The minimum absolute atomic E-state index is 0.207. The number of nitrogens with one attached hydrogen (secondary N) is 1. The molecule has 5 N–H and O–H groups in total. The second kappa shape index (κ2) is 7.95. The summed E-state index contributed by atoms with van der Waals surface area (Å²) in [6.45, 7) is 2.41. The highest BCUT2D eigenvalue weighted by Crippen LogP contribution is 2.24. The summed E-state index contributed by atoms with van der Waals surface area (Å²) in [6.07, 6.45) is 1.92. The van der Waals surface area contributed by atoms with Crippen LogP contribution in [0.3, 0.4) is 0 Å². The number of fused-ring (bicyclic) bond motifs is 1.